The van der Waals surface area contributed by atoms with Gasteiger partial charge in [-0.1, -0.05) is 0 Å². The Bertz CT molecular complexity index is 103. The summed E-state index contributed by atoms with van der Waals surface area (Å²) in [6.07, 6.45) is 0. The normalized spacial score (nSPS) is 11.7. The Kier molecular flexibility index (Phi) is 9.07. The number of carbonyl (C=O) groups is 1. The van der Waals surface area contributed by atoms with E-state index in [4.69, 9.17) is 13.1 Å². The van der Waals surface area contributed by atoms with Crippen LogP contribution in [0.5, 0.6) is 0 Å². The van der Waals surface area contributed by atoms with E-state index in [1.165, 1.54) is 7.11 Å². The molecule has 6 heteroatoms. The Balaban J connectivity index is 0. The van der Waals surface area contributed by atoms with Crippen LogP contribution in [0.25, 0.3) is 0 Å². The fraction of sp³-hybridized carbons (Fsp3) is 0.750. The zero-order valence-corrected chi connectivity index (χ0v) is 6.97. The number of hydrogen-bond donors (Lipinski definition) is 2. The molecular formula is C4H8BNO3V. The van der Waals surface area contributed by atoms with Crippen LogP contribution >= 0.6 is 0 Å². The van der Waals surface area contributed by atoms with Gasteiger partial charge in [0.15, 0.2) is 7.98 Å². The van der Waals surface area contributed by atoms with Gasteiger partial charge in [-0.3, -0.25) is 4.79 Å². The number of carboxylic acids is 1. The number of nitrogens with one attached hydrogen (secondary N) is 1. The van der Waals surface area contributed by atoms with Gasteiger partial charge in [0.2, 0.25) is 0 Å². The summed E-state index contributed by atoms with van der Waals surface area (Å²) in [6.45, 7) is 0.0752. The van der Waals surface area contributed by atoms with Crippen LogP contribution in [0.2, 0.25) is 0 Å². The van der Waals surface area contributed by atoms with Gasteiger partial charge in [-0.05, 0) is 0 Å². The van der Waals surface area contributed by atoms with Gasteiger partial charge in [0, 0.05) is 25.7 Å². The minimum absolute atomic E-state index is 0. The quantitative estimate of drug-likeness (QED) is 0.531. The maximum atomic E-state index is 10.1. The van der Waals surface area contributed by atoms with Gasteiger partial charge in [0.05, 0.1) is 6.61 Å². The molecule has 2 N–H and O–H groups in total. The topological polar surface area (TPSA) is 58.6 Å². The molecule has 0 aliphatic carbocycles. The van der Waals surface area contributed by atoms with Gasteiger partial charge >= 0.3 is 5.97 Å². The SMILES string of the molecule is [B]N[C@@H](COC)C(=O)O.[V]. The molecule has 0 fully saturated rings. The summed E-state index contributed by atoms with van der Waals surface area (Å²) in [5.74, 6) is -1.01. The van der Waals surface area contributed by atoms with E-state index in [1.807, 2.05) is 0 Å². The van der Waals surface area contributed by atoms with Crippen LogP contribution in [-0.4, -0.2) is 38.8 Å². The van der Waals surface area contributed by atoms with Crippen LogP contribution in [0.15, 0.2) is 0 Å². The molecule has 0 heterocycles. The fourth-order valence-electron chi connectivity index (χ4n) is 0.357. The van der Waals surface area contributed by atoms with Crippen molar-refractivity contribution in [1.29, 1.82) is 0 Å². The standard InChI is InChI=1S/C4H8BNO3.V/c1-9-2-3(6-5)4(7)8;/h3,6H,2H2,1H3,(H,7,8);/t3-;/m0./s1. The van der Waals surface area contributed by atoms with Crippen molar-refractivity contribution in [1.82, 2.24) is 5.23 Å². The van der Waals surface area contributed by atoms with Crippen molar-refractivity contribution < 1.29 is 33.2 Å². The molecule has 0 saturated heterocycles. The van der Waals surface area contributed by atoms with E-state index >= 15 is 0 Å². The Morgan fingerprint density at radius 3 is 2.50 bits per heavy atom. The van der Waals surface area contributed by atoms with Crippen LogP contribution in [0.1, 0.15) is 0 Å². The van der Waals surface area contributed by atoms with Crippen molar-refractivity contribution in [3.63, 3.8) is 0 Å². The van der Waals surface area contributed by atoms with Gasteiger partial charge in [0.1, 0.15) is 6.04 Å². The molecule has 0 amide bonds. The first-order chi connectivity index (χ1) is 4.22. The summed E-state index contributed by atoms with van der Waals surface area (Å²) in [5, 5.41) is 10.4. The summed E-state index contributed by atoms with van der Waals surface area (Å²) in [4.78, 5) is 10.1. The molecule has 0 bridgehead atoms. The number of ether oxygens (including phenoxy) is 1. The third-order valence-corrected chi connectivity index (χ3v) is 0.833. The second-order valence-electron chi connectivity index (χ2n) is 1.51. The minimum Gasteiger partial charge on any atom is -0.480 e. The zero-order valence-electron chi connectivity index (χ0n) is 5.57. The van der Waals surface area contributed by atoms with Gasteiger partial charge in [-0.15, -0.1) is 0 Å². The van der Waals surface area contributed by atoms with Crippen LogP contribution in [-0.2, 0) is 28.1 Å². The summed E-state index contributed by atoms with van der Waals surface area (Å²) in [7, 11) is 6.26. The summed E-state index contributed by atoms with van der Waals surface area (Å²) >= 11 is 0. The predicted octanol–water partition coefficient (Wildman–Crippen LogP) is -1.24. The monoisotopic (exact) mass is 180 g/mol. The van der Waals surface area contributed by atoms with Crippen LogP contribution in [0.4, 0.5) is 0 Å². The van der Waals surface area contributed by atoms with E-state index in [9.17, 15) is 4.79 Å². The van der Waals surface area contributed by atoms with Gasteiger partial charge < -0.3 is 15.1 Å². The second-order valence-corrected chi connectivity index (χ2v) is 1.51. The molecular weight excluding hydrogens is 172 g/mol. The molecule has 0 aromatic carbocycles. The third-order valence-electron chi connectivity index (χ3n) is 0.833. The Hall–Kier alpha value is 0.0394. The van der Waals surface area contributed by atoms with E-state index in [0.29, 0.717) is 0 Å². The first-order valence-corrected chi connectivity index (χ1v) is 2.40. The maximum Gasteiger partial charge on any atom is 0.322 e. The van der Waals surface area contributed by atoms with Crippen molar-refractivity contribution in [2.24, 2.45) is 0 Å². The first-order valence-electron chi connectivity index (χ1n) is 2.40. The molecule has 0 aliphatic heterocycles. The number of carboxylic acid groups (broad SMARTS) is 1. The predicted molar refractivity (Wildman–Crippen MR) is 32.2 cm³/mol. The first kappa shape index (κ1) is 12.7. The van der Waals surface area contributed by atoms with Crippen LogP contribution < -0.4 is 5.23 Å². The minimum atomic E-state index is -1.01. The van der Waals surface area contributed by atoms with Crippen molar-refractivity contribution in [3.8, 4) is 0 Å². The molecule has 0 rings (SSSR count). The Morgan fingerprint density at radius 2 is 2.40 bits per heavy atom. The fourth-order valence-corrected chi connectivity index (χ4v) is 0.357. The molecule has 0 saturated carbocycles. The van der Waals surface area contributed by atoms with Crippen LogP contribution in [0, 0.1) is 0 Å². The number of aliphatic carboxylic acids is 1. The largest absolute Gasteiger partial charge is 0.480 e. The van der Waals surface area contributed by atoms with Crippen molar-refractivity contribution in [2.75, 3.05) is 13.7 Å². The molecule has 4 nitrogen and oxygen atoms in total. The number of methoxy groups -OCH3 is 1. The van der Waals surface area contributed by atoms with E-state index in [2.05, 4.69) is 9.96 Å². The molecule has 0 unspecified atom stereocenters. The van der Waals surface area contributed by atoms with E-state index in [1.54, 1.807) is 0 Å². The average molecular weight is 180 g/mol. The van der Waals surface area contributed by atoms with Gasteiger partial charge in [-0.2, -0.15) is 0 Å². The molecule has 0 spiro atoms. The molecule has 1 atom stereocenters. The average Bonchev–Trinajstić information content (AvgIpc) is 1.82. The Morgan fingerprint density at radius 1 is 1.90 bits per heavy atom. The number of rotatable bonds is 4. The van der Waals surface area contributed by atoms with Crippen molar-refractivity contribution in [2.45, 2.75) is 6.04 Å². The summed E-state index contributed by atoms with van der Waals surface area (Å²) in [5.41, 5.74) is 0. The number of hydrogen-bond acceptors (Lipinski definition) is 3. The smallest absolute Gasteiger partial charge is 0.322 e. The molecule has 0 aliphatic rings. The molecule has 3 radical (unpaired) electrons. The third kappa shape index (κ3) is 4.88. The molecule has 0 aromatic heterocycles. The van der Waals surface area contributed by atoms with Gasteiger partial charge in [0.25, 0.3) is 0 Å². The summed E-state index contributed by atoms with van der Waals surface area (Å²) in [6, 6.07) is -0.810. The second kappa shape index (κ2) is 7.15. The van der Waals surface area contributed by atoms with Crippen molar-refractivity contribution in [3.05, 3.63) is 0 Å². The van der Waals surface area contributed by atoms with Crippen LogP contribution in [0.3, 0.4) is 0 Å². The maximum absolute atomic E-state index is 10.1. The van der Waals surface area contributed by atoms with E-state index in [-0.39, 0.29) is 25.2 Å². The van der Waals surface area contributed by atoms with E-state index in [0.717, 1.165) is 0 Å². The molecule has 0 aromatic rings. The van der Waals surface area contributed by atoms with E-state index < -0.39 is 12.0 Å². The Labute approximate surface area is 72.6 Å². The van der Waals surface area contributed by atoms with Crippen molar-refractivity contribution >= 4 is 14.0 Å². The molecule has 55 valence electrons. The zero-order chi connectivity index (χ0) is 7.28. The van der Waals surface area contributed by atoms with Gasteiger partial charge in [-0.25, -0.2) is 0 Å². The summed E-state index contributed by atoms with van der Waals surface area (Å²) < 4.78 is 4.53. The molecule has 10 heavy (non-hydrogen) atoms.